The van der Waals surface area contributed by atoms with Crippen molar-refractivity contribution in [3.63, 3.8) is 0 Å². The summed E-state index contributed by atoms with van der Waals surface area (Å²) >= 11 is 5.48. The molecule has 0 amide bonds. The molecule has 3 rings (SSSR count). The molecule has 0 radical (unpaired) electrons. The molecule has 1 heterocycles. The SMILES string of the molecule is CN(c1n[nH]c(=S)n1C1CCCC1)C1CCCCCC1. The zero-order valence-corrected chi connectivity index (χ0v) is 13.3. The Hall–Kier alpha value is -0.840. The molecule has 2 fully saturated rings. The number of aromatic nitrogens is 3. The molecule has 5 heteroatoms. The van der Waals surface area contributed by atoms with Crippen molar-refractivity contribution in [2.75, 3.05) is 11.9 Å². The molecule has 1 N–H and O–H groups in total. The van der Waals surface area contributed by atoms with Crippen molar-refractivity contribution in [2.24, 2.45) is 0 Å². The predicted octanol–water partition coefficient (Wildman–Crippen LogP) is 4.21. The first-order valence-electron chi connectivity index (χ1n) is 8.17. The zero-order chi connectivity index (χ0) is 13.9. The van der Waals surface area contributed by atoms with Crippen LogP contribution < -0.4 is 4.90 Å². The van der Waals surface area contributed by atoms with E-state index in [-0.39, 0.29) is 0 Å². The molecule has 2 saturated carbocycles. The van der Waals surface area contributed by atoms with E-state index in [0.29, 0.717) is 12.1 Å². The highest BCUT2D eigenvalue weighted by molar-refractivity contribution is 7.71. The van der Waals surface area contributed by atoms with Crippen LogP contribution in [-0.2, 0) is 0 Å². The van der Waals surface area contributed by atoms with Crippen molar-refractivity contribution < 1.29 is 0 Å². The highest BCUT2D eigenvalue weighted by atomic mass is 32.1. The van der Waals surface area contributed by atoms with Crippen LogP contribution in [-0.4, -0.2) is 27.9 Å². The number of hydrogen-bond donors (Lipinski definition) is 1. The van der Waals surface area contributed by atoms with Gasteiger partial charge in [-0.2, -0.15) is 0 Å². The number of rotatable bonds is 3. The van der Waals surface area contributed by atoms with Gasteiger partial charge < -0.3 is 4.90 Å². The van der Waals surface area contributed by atoms with E-state index in [0.717, 1.165) is 10.7 Å². The molecule has 1 aromatic heterocycles. The van der Waals surface area contributed by atoms with Crippen LogP contribution in [0.4, 0.5) is 5.95 Å². The van der Waals surface area contributed by atoms with Crippen molar-refractivity contribution in [3.8, 4) is 0 Å². The third-order valence-corrected chi connectivity index (χ3v) is 5.35. The molecule has 0 spiro atoms. The minimum atomic E-state index is 0.560. The standard InChI is InChI=1S/C15H26N4S/c1-18(12-8-4-2-3-5-9-12)14-16-17-15(20)19(14)13-10-6-7-11-13/h12-13H,2-11H2,1H3,(H,17,20). The van der Waals surface area contributed by atoms with Crippen molar-refractivity contribution in [2.45, 2.75) is 76.3 Å². The number of H-pyrrole nitrogens is 1. The Kier molecular flexibility index (Phi) is 4.44. The van der Waals surface area contributed by atoms with Gasteiger partial charge in [-0.1, -0.05) is 38.5 Å². The Labute approximate surface area is 126 Å². The van der Waals surface area contributed by atoms with Crippen LogP contribution in [0.2, 0.25) is 0 Å². The average Bonchev–Trinajstić information content (AvgIpc) is 3.00. The van der Waals surface area contributed by atoms with Crippen LogP contribution >= 0.6 is 12.2 Å². The molecule has 0 aliphatic heterocycles. The summed E-state index contributed by atoms with van der Waals surface area (Å²) in [7, 11) is 2.20. The summed E-state index contributed by atoms with van der Waals surface area (Å²) in [5.74, 6) is 1.06. The van der Waals surface area contributed by atoms with Crippen LogP contribution in [0.3, 0.4) is 0 Å². The molecule has 4 nitrogen and oxygen atoms in total. The number of nitrogens with zero attached hydrogens (tertiary/aromatic N) is 3. The van der Waals surface area contributed by atoms with Crippen molar-refractivity contribution >= 4 is 18.2 Å². The van der Waals surface area contributed by atoms with Crippen LogP contribution in [0.5, 0.6) is 0 Å². The second-order valence-electron chi connectivity index (χ2n) is 6.39. The fourth-order valence-electron chi connectivity index (χ4n) is 3.85. The monoisotopic (exact) mass is 294 g/mol. The van der Waals surface area contributed by atoms with Crippen LogP contribution in [0.15, 0.2) is 0 Å². The van der Waals surface area contributed by atoms with E-state index in [2.05, 4.69) is 26.7 Å². The van der Waals surface area contributed by atoms with Gasteiger partial charge in [0.1, 0.15) is 0 Å². The van der Waals surface area contributed by atoms with E-state index in [1.54, 1.807) is 0 Å². The van der Waals surface area contributed by atoms with Gasteiger partial charge in [0, 0.05) is 19.1 Å². The summed E-state index contributed by atoms with van der Waals surface area (Å²) in [4.78, 5) is 2.38. The molecule has 0 bridgehead atoms. The number of nitrogens with one attached hydrogen (secondary N) is 1. The summed E-state index contributed by atoms with van der Waals surface area (Å²) in [6, 6.07) is 1.19. The third-order valence-electron chi connectivity index (χ3n) is 5.06. The lowest BCUT2D eigenvalue weighted by Crippen LogP contribution is -2.33. The molecule has 20 heavy (non-hydrogen) atoms. The quantitative estimate of drug-likeness (QED) is 0.670. The topological polar surface area (TPSA) is 36.9 Å². The maximum absolute atomic E-state index is 5.48. The van der Waals surface area contributed by atoms with E-state index >= 15 is 0 Å². The first kappa shape index (κ1) is 14.1. The lowest BCUT2D eigenvalue weighted by molar-refractivity contribution is 0.485. The molecule has 112 valence electrons. The second-order valence-corrected chi connectivity index (χ2v) is 6.78. The van der Waals surface area contributed by atoms with Gasteiger partial charge in [0.2, 0.25) is 5.95 Å². The predicted molar refractivity (Wildman–Crippen MR) is 84.8 cm³/mol. The van der Waals surface area contributed by atoms with Crippen molar-refractivity contribution in [1.29, 1.82) is 0 Å². The van der Waals surface area contributed by atoms with Gasteiger partial charge in [-0.3, -0.25) is 4.57 Å². The van der Waals surface area contributed by atoms with Crippen LogP contribution in [0.25, 0.3) is 0 Å². The number of anilines is 1. The fraction of sp³-hybridized carbons (Fsp3) is 0.867. The molecule has 0 unspecified atom stereocenters. The van der Waals surface area contributed by atoms with Crippen LogP contribution in [0.1, 0.15) is 70.3 Å². The van der Waals surface area contributed by atoms with Gasteiger partial charge in [-0.25, -0.2) is 5.10 Å². The van der Waals surface area contributed by atoms with Gasteiger partial charge in [0.05, 0.1) is 0 Å². The number of hydrogen-bond acceptors (Lipinski definition) is 3. The first-order valence-corrected chi connectivity index (χ1v) is 8.58. The highest BCUT2D eigenvalue weighted by Crippen LogP contribution is 2.33. The average molecular weight is 294 g/mol. The van der Waals surface area contributed by atoms with Crippen molar-refractivity contribution in [1.82, 2.24) is 14.8 Å². The van der Waals surface area contributed by atoms with Gasteiger partial charge >= 0.3 is 0 Å². The smallest absolute Gasteiger partial charge is 0.225 e. The first-order chi connectivity index (χ1) is 9.77. The fourth-order valence-corrected chi connectivity index (χ4v) is 4.12. The summed E-state index contributed by atoms with van der Waals surface area (Å²) in [5, 5.41) is 7.56. The second kappa shape index (κ2) is 6.29. The Morgan fingerprint density at radius 1 is 1.05 bits per heavy atom. The van der Waals surface area contributed by atoms with Gasteiger partial charge in [-0.05, 0) is 37.9 Å². The summed E-state index contributed by atoms with van der Waals surface area (Å²) in [5.41, 5.74) is 0. The van der Waals surface area contributed by atoms with Gasteiger partial charge in [-0.15, -0.1) is 5.10 Å². The Bertz CT molecular complexity index is 478. The van der Waals surface area contributed by atoms with Gasteiger partial charge in [0.25, 0.3) is 0 Å². The number of aromatic amines is 1. The molecular weight excluding hydrogens is 268 g/mol. The van der Waals surface area contributed by atoms with E-state index in [4.69, 9.17) is 12.2 Å². The molecule has 0 aromatic carbocycles. The zero-order valence-electron chi connectivity index (χ0n) is 12.5. The van der Waals surface area contributed by atoms with Crippen LogP contribution in [0, 0.1) is 4.77 Å². The minimum Gasteiger partial charge on any atom is -0.341 e. The molecule has 2 aliphatic rings. The Balaban J connectivity index is 1.83. The van der Waals surface area contributed by atoms with E-state index in [1.807, 2.05) is 0 Å². The summed E-state index contributed by atoms with van der Waals surface area (Å²) in [6.07, 6.45) is 13.2. The molecule has 2 aliphatic carbocycles. The summed E-state index contributed by atoms with van der Waals surface area (Å²) in [6.45, 7) is 0. The lowest BCUT2D eigenvalue weighted by Gasteiger charge is -2.29. The molecule has 0 atom stereocenters. The lowest BCUT2D eigenvalue weighted by atomic mass is 10.1. The maximum atomic E-state index is 5.48. The van der Waals surface area contributed by atoms with E-state index in [9.17, 15) is 0 Å². The Morgan fingerprint density at radius 2 is 1.65 bits per heavy atom. The largest absolute Gasteiger partial charge is 0.341 e. The third kappa shape index (κ3) is 2.78. The normalized spacial score (nSPS) is 22.1. The van der Waals surface area contributed by atoms with Gasteiger partial charge in [0.15, 0.2) is 4.77 Å². The highest BCUT2D eigenvalue weighted by Gasteiger charge is 2.26. The Morgan fingerprint density at radius 3 is 2.30 bits per heavy atom. The van der Waals surface area contributed by atoms with Crippen molar-refractivity contribution in [3.05, 3.63) is 4.77 Å². The maximum Gasteiger partial charge on any atom is 0.225 e. The summed E-state index contributed by atoms with van der Waals surface area (Å²) < 4.78 is 3.08. The minimum absolute atomic E-state index is 0.560. The van der Waals surface area contributed by atoms with E-state index < -0.39 is 0 Å². The molecular formula is C15H26N4S. The van der Waals surface area contributed by atoms with E-state index in [1.165, 1.54) is 64.2 Å². The molecule has 1 aromatic rings. The molecule has 0 saturated heterocycles.